The molecule has 104 valence electrons. The Morgan fingerprint density at radius 2 is 2.05 bits per heavy atom. The number of aromatic nitrogens is 1. The lowest BCUT2D eigenvalue weighted by atomic mass is 10.2. The lowest BCUT2D eigenvalue weighted by Gasteiger charge is -2.08. The summed E-state index contributed by atoms with van der Waals surface area (Å²) in [6.07, 6.45) is 1.61. The van der Waals surface area contributed by atoms with Crippen molar-refractivity contribution >= 4 is 49.1 Å². The van der Waals surface area contributed by atoms with Crippen molar-refractivity contribution in [2.75, 3.05) is 17.2 Å². The van der Waals surface area contributed by atoms with Crippen molar-refractivity contribution in [3.8, 4) is 0 Å². The molecule has 0 radical (unpaired) electrons. The minimum Gasteiger partial charge on any atom is -0.385 e. The van der Waals surface area contributed by atoms with Crippen molar-refractivity contribution < 1.29 is 4.79 Å². The second kappa shape index (κ2) is 6.85. The molecular weight excluding hydrogens is 386 g/mol. The third kappa shape index (κ3) is 3.80. The van der Waals surface area contributed by atoms with Gasteiger partial charge in [-0.2, -0.15) is 0 Å². The second-order valence-corrected chi connectivity index (χ2v) is 5.81. The fraction of sp³-hybridized carbons (Fsp3) is 0.143. The summed E-state index contributed by atoms with van der Waals surface area (Å²) in [7, 11) is 0. The Hall–Kier alpha value is -1.40. The van der Waals surface area contributed by atoms with Gasteiger partial charge in [0.05, 0.1) is 5.69 Å². The Balaban J connectivity index is 2.17. The first kappa shape index (κ1) is 15.0. The third-order valence-corrected chi connectivity index (χ3v) is 3.70. The predicted molar refractivity (Wildman–Crippen MR) is 88.2 cm³/mol. The van der Waals surface area contributed by atoms with Crippen molar-refractivity contribution in [1.82, 2.24) is 4.98 Å². The van der Waals surface area contributed by atoms with Gasteiger partial charge in [0.15, 0.2) is 0 Å². The lowest BCUT2D eigenvalue weighted by Crippen LogP contribution is -2.14. The highest BCUT2D eigenvalue weighted by atomic mass is 79.9. The van der Waals surface area contributed by atoms with Gasteiger partial charge in [0.25, 0.3) is 5.91 Å². The van der Waals surface area contributed by atoms with Crippen molar-refractivity contribution in [3.63, 3.8) is 0 Å². The van der Waals surface area contributed by atoms with Crippen LogP contribution >= 0.6 is 31.9 Å². The zero-order valence-corrected chi connectivity index (χ0v) is 14.0. The summed E-state index contributed by atoms with van der Waals surface area (Å²) >= 11 is 6.78. The van der Waals surface area contributed by atoms with E-state index in [-0.39, 0.29) is 5.91 Å². The van der Waals surface area contributed by atoms with Crippen molar-refractivity contribution in [3.05, 3.63) is 51.2 Å². The smallest absolute Gasteiger partial charge is 0.274 e. The zero-order chi connectivity index (χ0) is 14.5. The molecule has 0 atom stereocenters. The van der Waals surface area contributed by atoms with Gasteiger partial charge in [0, 0.05) is 27.4 Å². The summed E-state index contributed by atoms with van der Waals surface area (Å²) in [5.74, 6) is -0.243. The van der Waals surface area contributed by atoms with E-state index in [1.165, 1.54) is 0 Å². The van der Waals surface area contributed by atoms with Crippen LogP contribution in [0.5, 0.6) is 0 Å². The highest BCUT2D eigenvalue weighted by Crippen LogP contribution is 2.26. The Bertz CT molecular complexity index is 632. The fourth-order valence-corrected chi connectivity index (χ4v) is 2.79. The molecule has 2 N–H and O–H groups in total. The molecule has 0 saturated heterocycles. The summed E-state index contributed by atoms with van der Waals surface area (Å²) in [5, 5.41) is 5.98. The van der Waals surface area contributed by atoms with E-state index >= 15 is 0 Å². The van der Waals surface area contributed by atoms with Crippen molar-refractivity contribution in [2.45, 2.75) is 6.92 Å². The topological polar surface area (TPSA) is 54.0 Å². The molecule has 0 aliphatic heterocycles. The number of halogens is 2. The van der Waals surface area contributed by atoms with Crippen LogP contribution in [0.1, 0.15) is 17.4 Å². The SMILES string of the molecule is CCNc1ccnc(C(=O)Nc2ccc(Br)cc2Br)c1. The van der Waals surface area contributed by atoms with Crippen LogP contribution in [0.4, 0.5) is 11.4 Å². The summed E-state index contributed by atoms with van der Waals surface area (Å²) in [6, 6.07) is 9.11. The number of nitrogens with zero attached hydrogens (tertiary/aromatic N) is 1. The maximum absolute atomic E-state index is 12.2. The number of pyridine rings is 1. The molecule has 0 fully saturated rings. The predicted octanol–water partition coefficient (Wildman–Crippen LogP) is 4.29. The average Bonchev–Trinajstić information content (AvgIpc) is 2.42. The molecule has 1 amide bonds. The van der Waals surface area contributed by atoms with E-state index in [1.807, 2.05) is 31.2 Å². The van der Waals surface area contributed by atoms with Gasteiger partial charge >= 0.3 is 0 Å². The maximum atomic E-state index is 12.2. The van der Waals surface area contributed by atoms with Crippen molar-refractivity contribution in [1.29, 1.82) is 0 Å². The third-order valence-electron chi connectivity index (χ3n) is 2.55. The van der Waals surface area contributed by atoms with Crippen LogP contribution in [-0.2, 0) is 0 Å². The van der Waals surface area contributed by atoms with Crippen LogP contribution in [0, 0.1) is 0 Å². The largest absolute Gasteiger partial charge is 0.385 e. The molecular formula is C14H13Br2N3O. The number of amides is 1. The van der Waals surface area contributed by atoms with Crippen molar-refractivity contribution in [2.24, 2.45) is 0 Å². The van der Waals surface area contributed by atoms with Crippen LogP contribution in [0.3, 0.4) is 0 Å². The lowest BCUT2D eigenvalue weighted by molar-refractivity contribution is 0.102. The highest BCUT2D eigenvalue weighted by Gasteiger charge is 2.10. The number of benzene rings is 1. The number of rotatable bonds is 4. The molecule has 0 saturated carbocycles. The molecule has 1 aromatic heterocycles. The molecule has 1 aromatic carbocycles. The molecule has 0 aliphatic carbocycles. The van der Waals surface area contributed by atoms with E-state index in [0.717, 1.165) is 21.2 Å². The minimum absolute atomic E-state index is 0.243. The zero-order valence-electron chi connectivity index (χ0n) is 10.8. The minimum atomic E-state index is -0.243. The van der Waals surface area contributed by atoms with E-state index in [4.69, 9.17) is 0 Å². The summed E-state index contributed by atoms with van der Waals surface area (Å²) in [5.41, 5.74) is 1.95. The normalized spacial score (nSPS) is 10.2. The quantitative estimate of drug-likeness (QED) is 0.807. The second-order valence-electron chi connectivity index (χ2n) is 4.04. The molecule has 0 spiro atoms. The van der Waals surface area contributed by atoms with Gasteiger partial charge in [0.1, 0.15) is 5.69 Å². The van der Waals surface area contributed by atoms with Crippen LogP contribution in [0.15, 0.2) is 45.5 Å². The van der Waals surface area contributed by atoms with E-state index in [2.05, 4.69) is 47.5 Å². The Morgan fingerprint density at radius 3 is 2.75 bits per heavy atom. The van der Waals surface area contributed by atoms with Crippen LogP contribution < -0.4 is 10.6 Å². The molecule has 1 heterocycles. The molecule has 6 heteroatoms. The summed E-state index contributed by atoms with van der Waals surface area (Å²) in [6.45, 7) is 2.79. The van der Waals surface area contributed by atoms with Gasteiger partial charge in [-0.25, -0.2) is 0 Å². The van der Waals surface area contributed by atoms with Crippen LogP contribution in [0.25, 0.3) is 0 Å². The van der Waals surface area contributed by atoms with Gasteiger partial charge in [-0.3, -0.25) is 9.78 Å². The molecule has 0 unspecified atom stereocenters. The Kier molecular flexibility index (Phi) is 5.14. The first-order valence-corrected chi connectivity index (χ1v) is 7.65. The molecule has 4 nitrogen and oxygen atoms in total. The summed E-state index contributed by atoms with van der Waals surface area (Å²) in [4.78, 5) is 16.3. The fourth-order valence-electron chi connectivity index (χ4n) is 1.65. The van der Waals surface area contributed by atoms with E-state index in [0.29, 0.717) is 11.4 Å². The first-order valence-electron chi connectivity index (χ1n) is 6.06. The monoisotopic (exact) mass is 397 g/mol. The van der Waals surface area contributed by atoms with Gasteiger partial charge < -0.3 is 10.6 Å². The number of carbonyl (C=O) groups is 1. The molecule has 0 bridgehead atoms. The molecule has 20 heavy (non-hydrogen) atoms. The number of hydrogen-bond acceptors (Lipinski definition) is 3. The maximum Gasteiger partial charge on any atom is 0.274 e. The van der Waals surface area contributed by atoms with Gasteiger partial charge in [0.2, 0.25) is 0 Å². The standard InChI is InChI=1S/C14H13Br2N3O/c1-2-17-10-5-6-18-13(8-10)14(20)19-12-4-3-9(15)7-11(12)16/h3-8H,2H2,1H3,(H,17,18)(H,19,20). The number of carbonyl (C=O) groups excluding carboxylic acids is 1. The number of anilines is 2. The average molecular weight is 399 g/mol. The van der Waals surface area contributed by atoms with Gasteiger partial charge in [-0.15, -0.1) is 0 Å². The van der Waals surface area contributed by atoms with Gasteiger partial charge in [-0.1, -0.05) is 15.9 Å². The highest BCUT2D eigenvalue weighted by molar-refractivity contribution is 9.11. The van der Waals surface area contributed by atoms with E-state index in [1.54, 1.807) is 12.3 Å². The Morgan fingerprint density at radius 1 is 1.25 bits per heavy atom. The van der Waals surface area contributed by atoms with Crippen LogP contribution in [0.2, 0.25) is 0 Å². The molecule has 2 rings (SSSR count). The van der Waals surface area contributed by atoms with E-state index < -0.39 is 0 Å². The summed E-state index contributed by atoms with van der Waals surface area (Å²) < 4.78 is 1.75. The number of nitrogens with one attached hydrogen (secondary N) is 2. The number of hydrogen-bond donors (Lipinski definition) is 2. The van der Waals surface area contributed by atoms with Gasteiger partial charge in [-0.05, 0) is 53.2 Å². The van der Waals surface area contributed by atoms with E-state index in [9.17, 15) is 4.79 Å². The van der Waals surface area contributed by atoms with Crippen LogP contribution in [-0.4, -0.2) is 17.4 Å². The molecule has 2 aromatic rings. The first-order chi connectivity index (χ1) is 9.60. The molecule has 0 aliphatic rings. The Labute approximate surface area is 134 Å².